The first-order valence-corrected chi connectivity index (χ1v) is 9.25. The van der Waals surface area contributed by atoms with Crippen LogP contribution in [0.2, 0.25) is 0 Å². The lowest BCUT2D eigenvalue weighted by Crippen LogP contribution is -2.12. The number of hydrogen-bond acceptors (Lipinski definition) is 5. The third-order valence-electron chi connectivity index (χ3n) is 3.75. The number of unbranched alkanes of at least 4 members (excludes halogenated alkanes) is 2. The van der Waals surface area contributed by atoms with Crippen molar-refractivity contribution in [2.45, 2.75) is 46.1 Å². The fraction of sp³-hybridized carbons (Fsp3) is 0.364. The van der Waals surface area contributed by atoms with Gasteiger partial charge in [-0.2, -0.15) is 0 Å². The summed E-state index contributed by atoms with van der Waals surface area (Å²) in [6.07, 6.45) is 3.11. The minimum absolute atomic E-state index is 0.186. The molecular weight excluding hydrogens is 344 g/mol. The van der Waals surface area contributed by atoms with Gasteiger partial charge in [-0.3, -0.25) is 0 Å². The third-order valence-corrected chi connectivity index (χ3v) is 3.75. The second-order valence-corrected chi connectivity index (χ2v) is 6.45. The molecule has 0 spiro atoms. The summed E-state index contributed by atoms with van der Waals surface area (Å²) in [5, 5.41) is 0. The molecule has 5 heteroatoms. The lowest BCUT2D eigenvalue weighted by Gasteiger charge is -2.09. The van der Waals surface area contributed by atoms with Gasteiger partial charge in [0.2, 0.25) is 0 Å². The molecule has 0 amide bonds. The Labute approximate surface area is 160 Å². The molecule has 0 bridgehead atoms. The quantitative estimate of drug-likeness (QED) is 0.351. The van der Waals surface area contributed by atoms with Crippen LogP contribution in [0.3, 0.4) is 0 Å². The molecule has 0 aliphatic rings. The zero-order valence-corrected chi connectivity index (χ0v) is 16.1. The Hall–Kier alpha value is -2.82. The van der Waals surface area contributed by atoms with Crippen molar-refractivity contribution in [1.29, 1.82) is 0 Å². The first-order valence-electron chi connectivity index (χ1n) is 9.25. The molecule has 144 valence electrons. The van der Waals surface area contributed by atoms with Crippen LogP contribution in [0.25, 0.3) is 0 Å². The standard InChI is InChI=1S/C22H26O5/c1-4-5-6-15-25-19-11-7-18(8-12-19)22(24)27-20-13-9-17(10-14-20)21(23)26-16(2)3/h7-14,16H,4-6,15H2,1-3H3. The Kier molecular flexibility index (Phi) is 7.86. The number of hydrogen-bond donors (Lipinski definition) is 0. The summed E-state index contributed by atoms with van der Waals surface area (Å²) in [6, 6.07) is 13.1. The van der Waals surface area contributed by atoms with Crippen molar-refractivity contribution in [3.05, 3.63) is 59.7 Å². The van der Waals surface area contributed by atoms with Crippen molar-refractivity contribution in [3.8, 4) is 11.5 Å². The number of carbonyl (C=O) groups excluding carboxylic acids is 2. The molecule has 0 saturated carbocycles. The van der Waals surface area contributed by atoms with Crippen LogP contribution >= 0.6 is 0 Å². The number of esters is 2. The summed E-state index contributed by atoms with van der Waals surface area (Å²) in [5.41, 5.74) is 0.840. The van der Waals surface area contributed by atoms with Crippen LogP contribution in [-0.4, -0.2) is 24.6 Å². The average Bonchev–Trinajstić information content (AvgIpc) is 2.65. The first-order chi connectivity index (χ1) is 13.0. The molecular formula is C22H26O5. The molecule has 2 aromatic rings. The van der Waals surface area contributed by atoms with Crippen molar-refractivity contribution in [1.82, 2.24) is 0 Å². The first kappa shape index (κ1) is 20.5. The topological polar surface area (TPSA) is 61.8 Å². The number of rotatable bonds is 9. The summed E-state index contributed by atoms with van der Waals surface area (Å²) in [7, 11) is 0. The average molecular weight is 370 g/mol. The highest BCUT2D eigenvalue weighted by molar-refractivity contribution is 5.92. The molecule has 0 radical (unpaired) electrons. The minimum atomic E-state index is -0.468. The summed E-state index contributed by atoms with van der Waals surface area (Å²) in [5.74, 6) is 0.221. The highest BCUT2D eigenvalue weighted by Gasteiger charge is 2.12. The van der Waals surface area contributed by atoms with E-state index in [0.29, 0.717) is 23.5 Å². The molecule has 5 nitrogen and oxygen atoms in total. The van der Waals surface area contributed by atoms with Crippen LogP contribution in [0.5, 0.6) is 11.5 Å². The van der Waals surface area contributed by atoms with Crippen LogP contribution < -0.4 is 9.47 Å². The Morgan fingerprint density at radius 3 is 1.93 bits per heavy atom. The number of carbonyl (C=O) groups is 2. The van der Waals surface area contributed by atoms with Crippen molar-refractivity contribution in [2.75, 3.05) is 6.61 Å². The van der Waals surface area contributed by atoms with E-state index >= 15 is 0 Å². The van der Waals surface area contributed by atoms with Crippen LogP contribution in [0.1, 0.15) is 60.7 Å². The predicted octanol–water partition coefficient (Wildman–Crippen LogP) is 5.04. The van der Waals surface area contributed by atoms with E-state index in [1.807, 2.05) is 0 Å². The summed E-state index contributed by atoms with van der Waals surface area (Å²) >= 11 is 0. The SMILES string of the molecule is CCCCCOc1ccc(C(=O)Oc2ccc(C(=O)OC(C)C)cc2)cc1. The van der Waals surface area contributed by atoms with Gasteiger partial charge in [-0.1, -0.05) is 19.8 Å². The van der Waals surface area contributed by atoms with E-state index in [1.54, 1.807) is 62.4 Å². The molecule has 0 atom stereocenters. The summed E-state index contributed by atoms with van der Waals surface area (Å²) < 4.78 is 16.1. The zero-order valence-electron chi connectivity index (χ0n) is 16.1. The maximum absolute atomic E-state index is 12.2. The second-order valence-electron chi connectivity index (χ2n) is 6.45. The van der Waals surface area contributed by atoms with E-state index in [4.69, 9.17) is 14.2 Å². The maximum atomic E-state index is 12.2. The van der Waals surface area contributed by atoms with Gasteiger partial charge in [0.05, 0.1) is 23.8 Å². The van der Waals surface area contributed by atoms with Gasteiger partial charge < -0.3 is 14.2 Å². The number of ether oxygens (including phenoxy) is 3. The summed E-state index contributed by atoms with van der Waals surface area (Å²) in [6.45, 7) is 6.39. The zero-order chi connectivity index (χ0) is 19.6. The van der Waals surface area contributed by atoms with E-state index in [0.717, 1.165) is 25.0 Å². The molecule has 0 aliphatic heterocycles. The Balaban J connectivity index is 1.90. The van der Waals surface area contributed by atoms with Crippen LogP contribution in [-0.2, 0) is 4.74 Å². The minimum Gasteiger partial charge on any atom is -0.494 e. The van der Waals surface area contributed by atoms with Gasteiger partial charge in [0.25, 0.3) is 0 Å². The van der Waals surface area contributed by atoms with Gasteiger partial charge in [0, 0.05) is 0 Å². The van der Waals surface area contributed by atoms with E-state index in [2.05, 4.69) is 6.92 Å². The van der Waals surface area contributed by atoms with Crippen molar-refractivity contribution < 1.29 is 23.8 Å². The van der Waals surface area contributed by atoms with Gasteiger partial charge in [-0.05, 0) is 68.8 Å². The maximum Gasteiger partial charge on any atom is 0.343 e. The lowest BCUT2D eigenvalue weighted by atomic mass is 10.2. The van der Waals surface area contributed by atoms with Gasteiger partial charge in [0.15, 0.2) is 0 Å². The molecule has 0 saturated heterocycles. The normalized spacial score (nSPS) is 10.5. The molecule has 27 heavy (non-hydrogen) atoms. The molecule has 0 N–H and O–H groups in total. The third kappa shape index (κ3) is 6.77. The molecule has 0 heterocycles. The Morgan fingerprint density at radius 1 is 0.815 bits per heavy atom. The molecule has 0 fully saturated rings. The molecule has 0 aliphatic carbocycles. The molecule has 0 unspecified atom stereocenters. The van der Waals surface area contributed by atoms with Crippen LogP contribution in [0, 0.1) is 0 Å². The van der Waals surface area contributed by atoms with E-state index in [-0.39, 0.29) is 6.10 Å². The van der Waals surface area contributed by atoms with Crippen molar-refractivity contribution >= 4 is 11.9 Å². The summed E-state index contributed by atoms with van der Waals surface area (Å²) in [4.78, 5) is 24.0. The van der Waals surface area contributed by atoms with Crippen molar-refractivity contribution in [3.63, 3.8) is 0 Å². The van der Waals surface area contributed by atoms with E-state index < -0.39 is 11.9 Å². The second kappa shape index (κ2) is 10.4. The fourth-order valence-electron chi connectivity index (χ4n) is 2.34. The lowest BCUT2D eigenvalue weighted by molar-refractivity contribution is 0.0378. The van der Waals surface area contributed by atoms with Gasteiger partial charge >= 0.3 is 11.9 Å². The van der Waals surface area contributed by atoms with Gasteiger partial charge in [-0.15, -0.1) is 0 Å². The fourth-order valence-corrected chi connectivity index (χ4v) is 2.34. The van der Waals surface area contributed by atoms with E-state index in [9.17, 15) is 9.59 Å². The Morgan fingerprint density at radius 2 is 1.37 bits per heavy atom. The van der Waals surface area contributed by atoms with Crippen molar-refractivity contribution in [2.24, 2.45) is 0 Å². The smallest absolute Gasteiger partial charge is 0.343 e. The largest absolute Gasteiger partial charge is 0.494 e. The van der Waals surface area contributed by atoms with Gasteiger partial charge in [0.1, 0.15) is 11.5 Å². The van der Waals surface area contributed by atoms with Crippen LogP contribution in [0.15, 0.2) is 48.5 Å². The highest BCUT2D eigenvalue weighted by atomic mass is 16.5. The Bertz CT molecular complexity index is 732. The van der Waals surface area contributed by atoms with Gasteiger partial charge in [-0.25, -0.2) is 9.59 Å². The molecule has 0 aromatic heterocycles. The van der Waals surface area contributed by atoms with Crippen LogP contribution in [0.4, 0.5) is 0 Å². The van der Waals surface area contributed by atoms with E-state index in [1.165, 1.54) is 0 Å². The number of benzene rings is 2. The predicted molar refractivity (Wildman–Crippen MR) is 103 cm³/mol. The molecule has 2 rings (SSSR count). The molecule has 2 aromatic carbocycles. The monoisotopic (exact) mass is 370 g/mol. The highest BCUT2D eigenvalue weighted by Crippen LogP contribution is 2.17.